The van der Waals surface area contributed by atoms with Crippen LogP contribution in [0.1, 0.15) is 34.1 Å². The molecule has 106 valence electrons. The Labute approximate surface area is 111 Å². The van der Waals surface area contributed by atoms with Gasteiger partial charge < -0.3 is 15.3 Å². The number of hydrogen-bond acceptors (Lipinski definition) is 3. The molecule has 2 N–H and O–H groups in total. The molecule has 0 spiro atoms. The van der Waals surface area contributed by atoms with Crippen LogP contribution in [0.3, 0.4) is 0 Å². The summed E-state index contributed by atoms with van der Waals surface area (Å²) < 4.78 is 0. The van der Waals surface area contributed by atoms with Crippen LogP contribution in [-0.2, 0) is 4.79 Å². The van der Waals surface area contributed by atoms with E-state index in [4.69, 9.17) is 0 Å². The Kier molecular flexibility index (Phi) is 6.09. The average Bonchev–Trinajstić information content (AvgIpc) is 2.72. The predicted octanol–water partition coefficient (Wildman–Crippen LogP) is 1.10. The van der Waals surface area contributed by atoms with Gasteiger partial charge in [0.05, 0.1) is 12.0 Å². The number of nitrogens with zero attached hydrogens (tertiary/aromatic N) is 1. The van der Waals surface area contributed by atoms with Gasteiger partial charge in [0, 0.05) is 19.6 Å². The Morgan fingerprint density at radius 3 is 2.61 bits per heavy atom. The molecule has 1 amide bonds. The first-order chi connectivity index (χ1) is 8.40. The maximum absolute atomic E-state index is 12.0. The molecule has 1 heterocycles. The molecule has 1 aliphatic rings. The highest BCUT2D eigenvalue weighted by Gasteiger charge is 2.28. The fourth-order valence-corrected chi connectivity index (χ4v) is 2.31. The van der Waals surface area contributed by atoms with Gasteiger partial charge in [-0.25, -0.2) is 0 Å². The summed E-state index contributed by atoms with van der Waals surface area (Å²) in [5.41, 5.74) is 0. The lowest BCUT2D eigenvalue weighted by molar-refractivity contribution is -0.125. The smallest absolute Gasteiger partial charge is 0.224 e. The summed E-state index contributed by atoms with van der Waals surface area (Å²) in [6, 6.07) is 0. The third-order valence-electron chi connectivity index (χ3n) is 3.52. The molecule has 4 heteroatoms. The fourth-order valence-electron chi connectivity index (χ4n) is 2.31. The number of carbonyl (C=O) groups is 1. The highest BCUT2D eigenvalue weighted by Crippen LogP contribution is 2.17. The highest BCUT2D eigenvalue weighted by molar-refractivity contribution is 5.79. The monoisotopic (exact) mass is 256 g/mol. The van der Waals surface area contributed by atoms with E-state index in [1.807, 2.05) is 13.8 Å². The van der Waals surface area contributed by atoms with Crippen molar-refractivity contribution in [1.29, 1.82) is 0 Å². The normalized spacial score (nSPS) is 22.7. The van der Waals surface area contributed by atoms with Gasteiger partial charge in [-0.05, 0) is 24.8 Å². The van der Waals surface area contributed by atoms with Crippen LogP contribution >= 0.6 is 0 Å². The first-order valence-corrected chi connectivity index (χ1v) is 7.08. The highest BCUT2D eigenvalue weighted by atomic mass is 16.3. The maximum Gasteiger partial charge on any atom is 0.224 e. The van der Waals surface area contributed by atoms with Crippen LogP contribution in [0.2, 0.25) is 0 Å². The lowest BCUT2D eigenvalue weighted by Gasteiger charge is -2.19. The second kappa shape index (κ2) is 7.10. The van der Waals surface area contributed by atoms with Gasteiger partial charge >= 0.3 is 0 Å². The van der Waals surface area contributed by atoms with Crippen LogP contribution in [0.25, 0.3) is 0 Å². The van der Waals surface area contributed by atoms with E-state index in [-0.39, 0.29) is 17.7 Å². The topological polar surface area (TPSA) is 52.6 Å². The van der Waals surface area contributed by atoms with Crippen molar-refractivity contribution in [3.8, 4) is 0 Å². The first kappa shape index (κ1) is 15.4. The molecule has 1 fully saturated rings. The zero-order valence-electron chi connectivity index (χ0n) is 12.1. The van der Waals surface area contributed by atoms with E-state index in [2.05, 4.69) is 24.1 Å². The van der Waals surface area contributed by atoms with Crippen molar-refractivity contribution in [2.45, 2.75) is 40.2 Å². The van der Waals surface area contributed by atoms with Gasteiger partial charge in [-0.1, -0.05) is 27.7 Å². The number of likely N-dealkylation sites (tertiary alicyclic amines) is 1. The van der Waals surface area contributed by atoms with Gasteiger partial charge in [-0.3, -0.25) is 4.79 Å². The molecule has 0 radical (unpaired) electrons. The van der Waals surface area contributed by atoms with Crippen LogP contribution in [0.4, 0.5) is 0 Å². The summed E-state index contributed by atoms with van der Waals surface area (Å²) in [4.78, 5) is 14.3. The Hall–Kier alpha value is -0.610. The first-order valence-electron chi connectivity index (χ1n) is 7.08. The molecule has 0 aromatic heterocycles. The van der Waals surface area contributed by atoms with Crippen molar-refractivity contribution in [3.05, 3.63) is 0 Å². The van der Waals surface area contributed by atoms with Crippen molar-refractivity contribution >= 4 is 5.91 Å². The van der Waals surface area contributed by atoms with Gasteiger partial charge in [0.1, 0.15) is 0 Å². The molecule has 0 bridgehead atoms. The van der Waals surface area contributed by atoms with Gasteiger partial charge in [0.2, 0.25) is 5.91 Å². The minimum absolute atomic E-state index is 0.0981. The molecule has 0 aliphatic carbocycles. The van der Waals surface area contributed by atoms with Gasteiger partial charge in [0.15, 0.2) is 0 Å². The summed E-state index contributed by atoms with van der Waals surface area (Å²) >= 11 is 0. The number of aliphatic hydroxyl groups excluding tert-OH is 1. The minimum Gasteiger partial charge on any atom is -0.391 e. The summed E-state index contributed by atoms with van der Waals surface area (Å²) in [6.45, 7) is 11.6. The van der Waals surface area contributed by atoms with Crippen molar-refractivity contribution < 1.29 is 9.90 Å². The van der Waals surface area contributed by atoms with Crippen LogP contribution < -0.4 is 5.32 Å². The maximum atomic E-state index is 12.0. The number of hydrogen-bond donors (Lipinski definition) is 2. The van der Waals surface area contributed by atoms with E-state index in [9.17, 15) is 9.90 Å². The third-order valence-corrected chi connectivity index (χ3v) is 3.52. The lowest BCUT2D eigenvalue weighted by atomic mass is 10.1. The SMILES string of the molecule is CC(C)CN1CCC(C(=O)NCC(O)C(C)C)C1. The van der Waals surface area contributed by atoms with E-state index in [1.165, 1.54) is 0 Å². The molecular formula is C14H28N2O2. The molecule has 0 aromatic carbocycles. The Morgan fingerprint density at radius 2 is 2.06 bits per heavy atom. The van der Waals surface area contributed by atoms with Crippen molar-refractivity contribution in [3.63, 3.8) is 0 Å². The zero-order chi connectivity index (χ0) is 13.7. The minimum atomic E-state index is -0.442. The van der Waals surface area contributed by atoms with Crippen LogP contribution in [-0.4, -0.2) is 48.2 Å². The van der Waals surface area contributed by atoms with E-state index in [1.54, 1.807) is 0 Å². The van der Waals surface area contributed by atoms with Crippen LogP contribution in [0.5, 0.6) is 0 Å². The van der Waals surface area contributed by atoms with Crippen molar-refractivity contribution in [2.24, 2.45) is 17.8 Å². The largest absolute Gasteiger partial charge is 0.391 e. The van der Waals surface area contributed by atoms with E-state index < -0.39 is 6.10 Å². The molecular weight excluding hydrogens is 228 g/mol. The summed E-state index contributed by atoms with van der Waals surface area (Å²) in [7, 11) is 0. The number of nitrogens with one attached hydrogen (secondary N) is 1. The molecule has 0 saturated carbocycles. The van der Waals surface area contributed by atoms with E-state index in [0.717, 1.165) is 26.1 Å². The van der Waals surface area contributed by atoms with Crippen LogP contribution in [0.15, 0.2) is 0 Å². The molecule has 2 unspecified atom stereocenters. The van der Waals surface area contributed by atoms with Crippen molar-refractivity contribution in [1.82, 2.24) is 10.2 Å². The number of carbonyl (C=O) groups excluding carboxylic acids is 1. The molecule has 1 saturated heterocycles. The van der Waals surface area contributed by atoms with Crippen LogP contribution in [0, 0.1) is 17.8 Å². The average molecular weight is 256 g/mol. The van der Waals surface area contributed by atoms with E-state index >= 15 is 0 Å². The number of aliphatic hydroxyl groups is 1. The summed E-state index contributed by atoms with van der Waals surface area (Å²) in [5, 5.41) is 12.5. The fraction of sp³-hybridized carbons (Fsp3) is 0.929. The predicted molar refractivity (Wildman–Crippen MR) is 73.2 cm³/mol. The summed E-state index contributed by atoms with van der Waals surface area (Å²) in [5.74, 6) is 1.03. The zero-order valence-corrected chi connectivity index (χ0v) is 12.1. The number of amides is 1. The Morgan fingerprint density at radius 1 is 1.39 bits per heavy atom. The second-order valence-electron chi connectivity index (χ2n) is 6.20. The van der Waals surface area contributed by atoms with Gasteiger partial charge in [0.25, 0.3) is 0 Å². The standard InChI is InChI=1S/C14H28N2O2/c1-10(2)8-16-6-5-12(9-16)14(18)15-7-13(17)11(3)4/h10-13,17H,5-9H2,1-4H3,(H,15,18). The quantitative estimate of drug-likeness (QED) is 0.748. The number of rotatable bonds is 6. The third kappa shape index (κ3) is 4.94. The molecule has 2 atom stereocenters. The molecule has 18 heavy (non-hydrogen) atoms. The molecule has 1 rings (SSSR count). The Balaban J connectivity index is 2.27. The molecule has 0 aromatic rings. The van der Waals surface area contributed by atoms with Crippen molar-refractivity contribution in [2.75, 3.05) is 26.2 Å². The van der Waals surface area contributed by atoms with Gasteiger partial charge in [-0.2, -0.15) is 0 Å². The summed E-state index contributed by atoms with van der Waals surface area (Å²) in [6.07, 6.45) is 0.498. The molecule has 4 nitrogen and oxygen atoms in total. The molecule has 1 aliphatic heterocycles. The van der Waals surface area contributed by atoms with Gasteiger partial charge in [-0.15, -0.1) is 0 Å². The van der Waals surface area contributed by atoms with E-state index in [0.29, 0.717) is 12.5 Å². The Bertz CT molecular complexity index is 267. The second-order valence-corrected chi connectivity index (χ2v) is 6.20. The lowest BCUT2D eigenvalue weighted by Crippen LogP contribution is -2.39.